The molecule has 18 heavy (non-hydrogen) atoms. The smallest absolute Gasteiger partial charge is 0.228 e. The molecule has 0 amide bonds. The monoisotopic (exact) mass is 265 g/mol. The number of hydrogen-bond donors (Lipinski definition) is 1. The maximum atomic E-state index is 5.27. The summed E-state index contributed by atoms with van der Waals surface area (Å²) in [6, 6.07) is 2.31. The van der Waals surface area contributed by atoms with Crippen LogP contribution in [0.3, 0.4) is 0 Å². The van der Waals surface area contributed by atoms with Crippen LogP contribution in [0.4, 0.5) is 0 Å². The van der Waals surface area contributed by atoms with E-state index in [4.69, 9.17) is 4.52 Å². The molecule has 1 aliphatic heterocycles. The van der Waals surface area contributed by atoms with Crippen molar-refractivity contribution >= 4 is 11.8 Å². The van der Waals surface area contributed by atoms with Gasteiger partial charge in [0.2, 0.25) is 11.7 Å². The minimum absolute atomic E-state index is 0.431. The summed E-state index contributed by atoms with van der Waals surface area (Å²) in [5.74, 6) is 3.52. The molecule has 96 valence electrons. The number of rotatable bonds is 3. The molecule has 6 nitrogen and oxygen atoms in total. The van der Waals surface area contributed by atoms with Crippen molar-refractivity contribution in [2.24, 2.45) is 7.05 Å². The van der Waals surface area contributed by atoms with Gasteiger partial charge in [-0.25, -0.2) is 0 Å². The first-order valence-electron chi connectivity index (χ1n) is 5.95. The van der Waals surface area contributed by atoms with Crippen molar-refractivity contribution in [1.29, 1.82) is 0 Å². The Morgan fingerprint density at radius 2 is 2.56 bits per heavy atom. The molecule has 1 N–H and O–H groups in total. The van der Waals surface area contributed by atoms with Crippen molar-refractivity contribution in [3.05, 3.63) is 18.2 Å². The van der Waals surface area contributed by atoms with E-state index < -0.39 is 0 Å². The Labute approximate surface area is 109 Å². The zero-order valence-corrected chi connectivity index (χ0v) is 11.0. The Morgan fingerprint density at radius 1 is 1.61 bits per heavy atom. The molecule has 1 unspecified atom stereocenters. The summed E-state index contributed by atoms with van der Waals surface area (Å²) in [4.78, 5) is 4.39. The topological polar surface area (TPSA) is 68.8 Å². The van der Waals surface area contributed by atoms with Gasteiger partial charge in [0, 0.05) is 43.8 Å². The van der Waals surface area contributed by atoms with Gasteiger partial charge in [-0.3, -0.25) is 4.68 Å². The number of nitrogens with one attached hydrogen (secondary N) is 1. The van der Waals surface area contributed by atoms with E-state index >= 15 is 0 Å². The van der Waals surface area contributed by atoms with E-state index in [9.17, 15) is 0 Å². The summed E-state index contributed by atoms with van der Waals surface area (Å²) >= 11 is 1.96. The highest BCUT2D eigenvalue weighted by Crippen LogP contribution is 2.15. The lowest BCUT2D eigenvalue weighted by Crippen LogP contribution is -2.38. The predicted molar refractivity (Wildman–Crippen MR) is 69.3 cm³/mol. The Bertz CT molecular complexity index is 517. The van der Waals surface area contributed by atoms with Crippen LogP contribution in [-0.4, -0.2) is 44.0 Å². The van der Waals surface area contributed by atoms with Crippen LogP contribution in [-0.2, 0) is 13.5 Å². The van der Waals surface area contributed by atoms with Gasteiger partial charge >= 0.3 is 0 Å². The summed E-state index contributed by atoms with van der Waals surface area (Å²) in [6.07, 6.45) is 2.65. The van der Waals surface area contributed by atoms with E-state index in [0.29, 0.717) is 17.8 Å². The van der Waals surface area contributed by atoms with E-state index in [0.717, 1.165) is 24.4 Å². The average molecular weight is 265 g/mol. The van der Waals surface area contributed by atoms with E-state index in [-0.39, 0.29) is 0 Å². The van der Waals surface area contributed by atoms with Crippen LogP contribution in [0.2, 0.25) is 0 Å². The highest BCUT2D eigenvalue weighted by atomic mass is 32.2. The SMILES string of the molecule is Cn1ccc(-c2noc(CC3CSCCN3)n2)n1. The lowest BCUT2D eigenvalue weighted by atomic mass is 10.2. The largest absolute Gasteiger partial charge is 0.339 e. The average Bonchev–Trinajstić information content (AvgIpc) is 2.99. The van der Waals surface area contributed by atoms with Gasteiger partial charge in [-0.15, -0.1) is 0 Å². The molecule has 1 saturated heterocycles. The predicted octanol–water partition coefficient (Wildman–Crippen LogP) is 0.718. The highest BCUT2D eigenvalue weighted by Gasteiger charge is 2.18. The lowest BCUT2D eigenvalue weighted by Gasteiger charge is -2.21. The quantitative estimate of drug-likeness (QED) is 0.882. The minimum atomic E-state index is 0.431. The van der Waals surface area contributed by atoms with Crippen molar-refractivity contribution in [3.8, 4) is 11.5 Å². The molecule has 7 heteroatoms. The minimum Gasteiger partial charge on any atom is -0.339 e. The molecular weight excluding hydrogens is 250 g/mol. The van der Waals surface area contributed by atoms with Crippen LogP contribution in [0.15, 0.2) is 16.8 Å². The van der Waals surface area contributed by atoms with E-state index in [1.807, 2.05) is 31.1 Å². The number of nitrogens with zero attached hydrogens (tertiary/aromatic N) is 4. The maximum Gasteiger partial charge on any atom is 0.228 e. The normalized spacial score (nSPS) is 20.2. The molecule has 2 aromatic heterocycles. The summed E-state index contributed by atoms with van der Waals surface area (Å²) in [5, 5.41) is 11.7. The molecule has 0 aromatic carbocycles. The number of aryl methyl sites for hydroxylation is 1. The highest BCUT2D eigenvalue weighted by molar-refractivity contribution is 7.99. The molecule has 0 saturated carbocycles. The van der Waals surface area contributed by atoms with Crippen LogP contribution >= 0.6 is 11.8 Å². The summed E-state index contributed by atoms with van der Waals surface area (Å²) in [5.41, 5.74) is 0.749. The third kappa shape index (κ3) is 2.56. The van der Waals surface area contributed by atoms with E-state index in [2.05, 4.69) is 20.6 Å². The summed E-state index contributed by atoms with van der Waals surface area (Å²) < 4.78 is 7.00. The van der Waals surface area contributed by atoms with Gasteiger partial charge < -0.3 is 9.84 Å². The zero-order chi connectivity index (χ0) is 12.4. The molecule has 3 rings (SSSR count). The molecule has 0 bridgehead atoms. The molecule has 0 radical (unpaired) electrons. The lowest BCUT2D eigenvalue weighted by molar-refractivity contribution is 0.363. The Balaban J connectivity index is 1.69. The van der Waals surface area contributed by atoms with Crippen molar-refractivity contribution in [2.75, 3.05) is 18.1 Å². The first-order valence-corrected chi connectivity index (χ1v) is 7.10. The molecule has 2 aromatic rings. The molecule has 0 spiro atoms. The van der Waals surface area contributed by atoms with Crippen molar-refractivity contribution < 1.29 is 4.52 Å². The van der Waals surface area contributed by atoms with Crippen LogP contribution in [0.5, 0.6) is 0 Å². The van der Waals surface area contributed by atoms with Gasteiger partial charge in [0.15, 0.2) is 0 Å². The van der Waals surface area contributed by atoms with Crippen molar-refractivity contribution in [3.63, 3.8) is 0 Å². The molecule has 1 fully saturated rings. The third-order valence-corrected chi connectivity index (χ3v) is 3.96. The first-order chi connectivity index (χ1) is 8.81. The maximum absolute atomic E-state index is 5.27. The molecule has 3 heterocycles. The van der Waals surface area contributed by atoms with Gasteiger partial charge in [-0.1, -0.05) is 5.16 Å². The first kappa shape index (κ1) is 11.7. The van der Waals surface area contributed by atoms with E-state index in [1.165, 1.54) is 5.75 Å². The molecular formula is C11H15N5OS. The van der Waals surface area contributed by atoms with Crippen molar-refractivity contribution in [2.45, 2.75) is 12.5 Å². The van der Waals surface area contributed by atoms with Gasteiger partial charge in [-0.2, -0.15) is 21.8 Å². The van der Waals surface area contributed by atoms with E-state index in [1.54, 1.807) is 4.68 Å². The second kappa shape index (κ2) is 5.11. The van der Waals surface area contributed by atoms with Gasteiger partial charge in [0.1, 0.15) is 5.69 Å². The van der Waals surface area contributed by atoms with Gasteiger partial charge in [0.25, 0.3) is 0 Å². The van der Waals surface area contributed by atoms with Crippen LogP contribution in [0.1, 0.15) is 5.89 Å². The molecule has 0 aliphatic carbocycles. The number of thioether (sulfide) groups is 1. The number of aromatic nitrogens is 4. The fraction of sp³-hybridized carbons (Fsp3) is 0.545. The van der Waals surface area contributed by atoms with Gasteiger partial charge in [-0.05, 0) is 6.07 Å². The fourth-order valence-electron chi connectivity index (χ4n) is 1.94. The second-order valence-corrected chi connectivity index (χ2v) is 5.47. The standard InChI is InChI=1S/C11H15N5OS/c1-16-4-2-9(14-16)11-13-10(17-15-11)6-8-7-18-5-3-12-8/h2,4,8,12H,3,5-7H2,1H3. The Kier molecular flexibility index (Phi) is 3.33. The molecule has 1 atom stereocenters. The number of hydrogen-bond acceptors (Lipinski definition) is 6. The van der Waals surface area contributed by atoms with Gasteiger partial charge in [0.05, 0.1) is 0 Å². The fourth-order valence-corrected chi connectivity index (χ4v) is 2.89. The Morgan fingerprint density at radius 3 is 3.28 bits per heavy atom. The third-order valence-electron chi connectivity index (χ3n) is 2.83. The summed E-state index contributed by atoms with van der Waals surface area (Å²) in [6.45, 7) is 1.05. The zero-order valence-electron chi connectivity index (χ0n) is 10.2. The van der Waals surface area contributed by atoms with Crippen LogP contribution in [0, 0.1) is 0 Å². The second-order valence-electron chi connectivity index (χ2n) is 4.32. The van der Waals surface area contributed by atoms with Crippen LogP contribution in [0.25, 0.3) is 11.5 Å². The van der Waals surface area contributed by atoms with Crippen LogP contribution < -0.4 is 5.32 Å². The molecule has 1 aliphatic rings. The Hall–Kier alpha value is -1.34. The summed E-state index contributed by atoms with van der Waals surface area (Å²) in [7, 11) is 1.87. The van der Waals surface area contributed by atoms with Crippen molar-refractivity contribution in [1.82, 2.24) is 25.2 Å².